The smallest absolute Gasteiger partial charge is 0.341 e. The van der Waals surface area contributed by atoms with E-state index in [1.807, 2.05) is 32.9 Å². The maximum absolute atomic E-state index is 13.0. The molecule has 0 bridgehead atoms. The lowest BCUT2D eigenvalue weighted by Gasteiger charge is -2.31. The Morgan fingerprint density at radius 3 is 2.32 bits per heavy atom. The van der Waals surface area contributed by atoms with Crippen LogP contribution >= 0.6 is 0 Å². The Kier molecular flexibility index (Phi) is 14.8. The summed E-state index contributed by atoms with van der Waals surface area (Å²) >= 11 is 0. The van der Waals surface area contributed by atoms with E-state index < -0.39 is 18.0 Å². The molecule has 2 atom stereocenters. The maximum atomic E-state index is 13.0. The highest BCUT2D eigenvalue weighted by molar-refractivity contribution is 6.08. The summed E-state index contributed by atoms with van der Waals surface area (Å²) in [5.74, 6) is -0.312. The molecule has 212 valence electrons. The van der Waals surface area contributed by atoms with Crippen LogP contribution in [0.4, 0.5) is 4.79 Å². The zero-order valence-electron chi connectivity index (χ0n) is 24.4. The van der Waals surface area contributed by atoms with Crippen LogP contribution in [-0.4, -0.2) is 30.4 Å². The van der Waals surface area contributed by atoms with Crippen LogP contribution in [0.3, 0.4) is 0 Å². The number of urea groups is 1. The van der Waals surface area contributed by atoms with Gasteiger partial charge in [0, 0.05) is 11.3 Å². The number of nitrogens with zero attached hydrogens (tertiary/aromatic N) is 1. The zero-order valence-corrected chi connectivity index (χ0v) is 24.4. The van der Waals surface area contributed by atoms with Gasteiger partial charge in [-0.05, 0) is 71.8 Å². The number of rotatable bonds is 18. The summed E-state index contributed by atoms with van der Waals surface area (Å²) in [6.07, 6.45) is 19.1. The summed E-state index contributed by atoms with van der Waals surface area (Å²) in [4.78, 5) is 29.3. The number of aryl methyl sites for hydroxylation is 1. The second kappa shape index (κ2) is 17.8. The highest BCUT2D eigenvalue weighted by atomic mass is 16.5. The van der Waals surface area contributed by atoms with E-state index in [1.54, 1.807) is 6.92 Å². The fourth-order valence-corrected chi connectivity index (χ4v) is 4.99. The third-order valence-corrected chi connectivity index (χ3v) is 6.90. The van der Waals surface area contributed by atoms with Crippen molar-refractivity contribution in [1.82, 2.24) is 5.32 Å². The lowest BCUT2D eigenvalue weighted by Crippen LogP contribution is -2.45. The van der Waals surface area contributed by atoms with Gasteiger partial charge in [0.1, 0.15) is 11.7 Å². The second-order valence-electron chi connectivity index (χ2n) is 10.5. The number of hydrogen-bond donors (Lipinski definition) is 1. The third kappa shape index (κ3) is 10.6. The van der Waals surface area contributed by atoms with E-state index in [2.05, 4.69) is 35.5 Å². The van der Waals surface area contributed by atoms with Crippen LogP contribution in [0.25, 0.3) is 0 Å². The predicted octanol–water partition coefficient (Wildman–Crippen LogP) is 8.29. The lowest BCUT2D eigenvalue weighted by atomic mass is 9.86. The molecule has 2 unspecified atom stereocenters. The van der Waals surface area contributed by atoms with Crippen LogP contribution in [0, 0.1) is 5.92 Å². The number of nitrogens with one attached hydrogen (secondary N) is 1. The van der Waals surface area contributed by atoms with Gasteiger partial charge in [-0.1, -0.05) is 75.8 Å². The molecule has 0 saturated heterocycles. The first-order chi connectivity index (χ1) is 18.4. The van der Waals surface area contributed by atoms with Crippen LogP contribution < -0.4 is 10.1 Å². The minimum Gasteiger partial charge on any atom is -0.493 e. The molecule has 1 N–H and O–H groups in total. The topological polar surface area (TPSA) is 77.0 Å². The van der Waals surface area contributed by atoms with Crippen LogP contribution in [-0.2, 0) is 16.0 Å². The lowest BCUT2D eigenvalue weighted by molar-refractivity contribution is -0.150. The number of aliphatic imine (C=N–C) groups is 1. The van der Waals surface area contributed by atoms with E-state index in [0.717, 1.165) is 42.6 Å². The minimum atomic E-state index is -0.687. The SMILES string of the molecule is CCCCCCCCC=CCCCCCc1cccc(C2NC(=O)N=C(C)C2C(=O)OC(C)C)c1OCC. The van der Waals surface area contributed by atoms with Gasteiger partial charge in [0.15, 0.2) is 0 Å². The Morgan fingerprint density at radius 2 is 1.66 bits per heavy atom. The van der Waals surface area contributed by atoms with Gasteiger partial charge in [-0.2, -0.15) is 0 Å². The number of allylic oxidation sites excluding steroid dienone is 2. The van der Waals surface area contributed by atoms with Crippen LogP contribution in [0.15, 0.2) is 35.3 Å². The van der Waals surface area contributed by atoms with E-state index >= 15 is 0 Å². The number of carbonyl (C=O) groups is 2. The average molecular weight is 527 g/mol. The Morgan fingerprint density at radius 1 is 1.00 bits per heavy atom. The number of esters is 1. The first-order valence-corrected chi connectivity index (χ1v) is 14.8. The van der Waals surface area contributed by atoms with Gasteiger partial charge in [0.25, 0.3) is 0 Å². The molecule has 0 spiro atoms. The van der Waals surface area contributed by atoms with Crippen molar-refractivity contribution in [2.24, 2.45) is 10.9 Å². The van der Waals surface area contributed by atoms with Crippen molar-refractivity contribution < 1.29 is 19.1 Å². The van der Waals surface area contributed by atoms with Crippen LogP contribution in [0.5, 0.6) is 5.75 Å². The van der Waals surface area contributed by atoms with Crippen molar-refractivity contribution in [1.29, 1.82) is 0 Å². The van der Waals surface area contributed by atoms with Crippen molar-refractivity contribution >= 4 is 17.7 Å². The fourth-order valence-electron chi connectivity index (χ4n) is 4.99. The second-order valence-corrected chi connectivity index (χ2v) is 10.5. The van der Waals surface area contributed by atoms with E-state index in [-0.39, 0.29) is 12.1 Å². The molecular formula is C32H50N2O4. The quantitative estimate of drug-likeness (QED) is 0.119. The van der Waals surface area contributed by atoms with Gasteiger partial charge in [0.05, 0.1) is 18.8 Å². The van der Waals surface area contributed by atoms with Gasteiger partial charge in [-0.15, -0.1) is 0 Å². The summed E-state index contributed by atoms with van der Waals surface area (Å²) in [7, 11) is 0. The molecule has 6 heteroatoms. The summed E-state index contributed by atoms with van der Waals surface area (Å²) in [6.45, 7) is 10.1. The minimum absolute atomic E-state index is 0.253. The Hall–Kier alpha value is -2.63. The van der Waals surface area contributed by atoms with Crippen molar-refractivity contribution in [2.75, 3.05) is 6.61 Å². The van der Waals surface area contributed by atoms with Crippen molar-refractivity contribution in [2.45, 2.75) is 124 Å². The van der Waals surface area contributed by atoms with Gasteiger partial charge in [-0.3, -0.25) is 4.79 Å². The Balaban J connectivity index is 1.95. The summed E-state index contributed by atoms with van der Waals surface area (Å²) in [6, 6.07) is 4.98. The molecule has 2 amide bonds. The highest BCUT2D eigenvalue weighted by Gasteiger charge is 2.40. The van der Waals surface area contributed by atoms with E-state index in [0.29, 0.717) is 12.3 Å². The summed E-state index contributed by atoms with van der Waals surface area (Å²) in [5, 5.41) is 2.90. The van der Waals surface area contributed by atoms with Crippen molar-refractivity contribution in [3.05, 3.63) is 41.5 Å². The monoisotopic (exact) mass is 526 g/mol. The molecule has 1 aliphatic rings. The number of hydrogen-bond acceptors (Lipinski definition) is 4. The predicted molar refractivity (Wildman–Crippen MR) is 156 cm³/mol. The molecule has 1 aliphatic heterocycles. The number of amides is 2. The van der Waals surface area contributed by atoms with E-state index in [4.69, 9.17) is 9.47 Å². The molecule has 0 saturated carbocycles. The zero-order chi connectivity index (χ0) is 27.8. The van der Waals surface area contributed by atoms with Crippen molar-refractivity contribution in [3.63, 3.8) is 0 Å². The molecule has 0 aliphatic carbocycles. The van der Waals surface area contributed by atoms with Gasteiger partial charge >= 0.3 is 12.0 Å². The molecule has 1 heterocycles. The van der Waals surface area contributed by atoms with Crippen molar-refractivity contribution in [3.8, 4) is 5.75 Å². The maximum Gasteiger partial charge on any atom is 0.341 e. The molecule has 38 heavy (non-hydrogen) atoms. The molecule has 1 aromatic carbocycles. The van der Waals surface area contributed by atoms with Crippen LogP contribution in [0.1, 0.15) is 122 Å². The number of carbonyl (C=O) groups excluding carboxylic acids is 2. The first kappa shape index (κ1) is 31.6. The van der Waals surface area contributed by atoms with Gasteiger partial charge in [0.2, 0.25) is 0 Å². The largest absolute Gasteiger partial charge is 0.493 e. The molecule has 6 nitrogen and oxygen atoms in total. The third-order valence-electron chi connectivity index (χ3n) is 6.90. The molecule has 0 aromatic heterocycles. The molecule has 1 aromatic rings. The summed E-state index contributed by atoms with van der Waals surface area (Å²) in [5.41, 5.74) is 2.37. The Bertz CT molecular complexity index is 922. The molecular weight excluding hydrogens is 476 g/mol. The molecule has 2 rings (SSSR count). The molecule has 0 fully saturated rings. The van der Waals surface area contributed by atoms with Gasteiger partial charge < -0.3 is 14.8 Å². The number of unbranched alkanes of at least 4 members (excludes halogenated alkanes) is 9. The number of ether oxygens (including phenoxy) is 2. The molecule has 0 radical (unpaired) electrons. The van der Waals surface area contributed by atoms with E-state index in [1.165, 1.54) is 51.4 Å². The first-order valence-electron chi connectivity index (χ1n) is 14.8. The fraction of sp³-hybridized carbons (Fsp3) is 0.656. The Labute approximate surface area is 230 Å². The number of para-hydroxylation sites is 1. The number of benzene rings is 1. The van der Waals surface area contributed by atoms with E-state index in [9.17, 15) is 9.59 Å². The standard InChI is InChI=1S/C32H50N2O4/c1-6-8-9-10-11-12-13-14-15-16-17-18-19-21-26-22-20-23-27(30(26)37-7-2)29-28(31(35)38-24(3)4)25(5)33-32(36)34-29/h14-15,20,22-24,28-29H,6-13,16-19,21H2,1-5H3,(H,34,36). The van der Waals surface area contributed by atoms with Crippen LogP contribution in [0.2, 0.25) is 0 Å². The highest BCUT2D eigenvalue weighted by Crippen LogP contribution is 2.37. The summed E-state index contributed by atoms with van der Waals surface area (Å²) < 4.78 is 11.6. The normalized spacial score (nSPS) is 17.5. The van der Waals surface area contributed by atoms with Gasteiger partial charge in [-0.25, -0.2) is 9.79 Å². The average Bonchev–Trinajstić information content (AvgIpc) is 2.86.